The second-order valence-corrected chi connectivity index (χ2v) is 7.67. The molecule has 0 saturated carbocycles. The third-order valence-corrected chi connectivity index (χ3v) is 5.65. The Bertz CT molecular complexity index is 951. The smallest absolute Gasteiger partial charge is 0.267 e. The van der Waals surface area contributed by atoms with Crippen LogP contribution in [0.25, 0.3) is 11.3 Å². The highest BCUT2D eigenvalue weighted by molar-refractivity contribution is 7.93. The first kappa shape index (κ1) is 16.5. The van der Waals surface area contributed by atoms with Gasteiger partial charge in [-0.05, 0) is 24.6 Å². The second-order valence-electron chi connectivity index (χ2n) is 5.16. The SMILES string of the molecule is COc1ccc(C)cc1S(=O)(=O)Nc1nc(-c2ccccc2)cs1. The molecule has 124 valence electrons. The normalized spacial score (nSPS) is 11.2. The molecule has 0 atom stereocenters. The molecule has 3 aromatic rings. The zero-order chi connectivity index (χ0) is 17.2. The number of rotatable bonds is 5. The fraction of sp³-hybridized carbons (Fsp3) is 0.118. The van der Waals surface area contributed by atoms with E-state index in [-0.39, 0.29) is 4.90 Å². The van der Waals surface area contributed by atoms with Crippen molar-refractivity contribution in [2.24, 2.45) is 0 Å². The summed E-state index contributed by atoms with van der Waals surface area (Å²) < 4.78 is 33.0. The van der Waals surface area contributed by atoms with Gasteiger partial charge < -0.3 is 4.74 Å². The summed E-state index contributed by atoms with van der Waals surface area (Å²) in [4.78, 5) is 4.46. The van der Waals surface area contributed by atoms with Crippen molar-refractivity contribution in [3.63, 3.8) is 0 Å². The van der Waals surface area contributed by atoms with Gasteiger partial charge >= 0.3 is 0 Å². The maximum atomic E-state index is 12.7. The largest absolute Gasteiger partial charge is 0.495 e. The van der Waals surface area contributed by atoms with E-state index in [0.29, 0.717) is 10.9 Å². The average Bonchev–Trinajstić information content (AvgIpc) is 3.03. The van der Waals surface area contributed by atoms with Gasteiger partial charge in [0.05, 0.1) is 12.8 Å². The monoisotopic (exact) mass is 360 g/mol. The number of nitrogens with one attached hydrogen (secondary N) is 1. The molecule has 24 heavy (non-hydrogen) atoms. The van der Waals surface area contributed by atoms with Gasteiger partial charge in [-0.3, -0.25) is 4.72 Å². The quantitative estimate of drug-likeness (QED) is 0.748. The predicted octanol–water partition coefficient (Wildman–Crippen LogP) is 3.93. The third-order valence-electron chi connectivity index (χ3n) is 3.40. The molecule has 1 N–H and O–H groups in total. The molecule has 0 bridgehead atoms. The molecule has 0 amide bonds. The van der Waals surface area contributed by atoms with Crippen LogP contribution in [0.2, 0.25) is 0 Å². The summed E-state index contributed by atoms with van der Waals surface area (Å²) in [5, 5.41) is 2.14. The molecule has 0 aliphatic heterocycles. The zero-order valence-corrected chi connectivity index (χ0v) is 14.8. The van der Waals surface area contributed by atoms with Crippen LogP contribution in [0, 0.1) is 6.92 Å². The Labute approximate surface area is 145 Å². The Morgan fingerprint density at radius 1 is 1.12 bits per heavy atom. The first-order valence-electron chi connectivity index (χ1n) is 7.18. The highest BCUT2D eigenvalue weighted by atomic mass is 32.2. The maximum absolute atomic E-state index is 12.7. The van der Waals surface area contributed by atoms with E-state index < -0.39 is 10.0 Å². The topological polar surface area (TPSA) is 68.3 Å². The number of aromatic nitrogens is 1. The summed E-state index contributed by atoms with van der Waals surface area (Å²) in [7, 11) is -2.33. The van der Waals surface area contributed by atoms with Crippen LogP contribution in [0.5, 0.6) is 5.75 Å². The molecule has 1 heterocycles. The number of hydrogen-bond acceptors (Lipinski definition) is 5. The number of anilines is 1. The number of methoxy groups -OCH3 is 1. The van der Waals surface area contributed by atoms with Crippen LogP contribution in [0.1, 0.15) is 5.56 Å². The molecule has 0 saturated heterocycles. The van der Waals surface area contributed by atoms with Gasteiger partial charge in [-0.1, -0.05) is 36.4 Å². The van der Waals surface area contributed by atoms with Crippen LogP contribution in [-0.2, 0) is 10.0 Å². The fourth-order valence-electron chi connectivity index (χ4n) is 2.23. The average molecular weight is 360 g/mol. The van der Waals surface area contributed by atoms with Crippen LogP contribution in [0.4, 0.5) is 5.13 Å². The number of nitrogens with zero attached hydrogens (tertiary/aromatic N) is 1. The van der Waals surface area contributed by atoms with Gasteiger partial charge in [0, 0.05) is 10.9 Å². The van der Waals surface area contributed by atoms with Crippen molar-refractivity contribution < 1.29 is 13.2 Å². The lowest BCUT2D eigenvalue weighted by Crippen LogP contribution is -2.14. The molecule has 0 unspecified atom stereocenters. The van der Waals surface area contributed by atoms with Crippen molar-refractivity contribution in [3.05, 3.63) is 59.5 Å². The molecule has 2 aromatic carbocycles. The summed E-state index contributed by atoms with van der Waals surface area (Å²) in [5.74, 6) is 0.299. The first-order valence-corrected chi connectivity index (χ1v) is 9.54. The molecule has 3 rings (SSSR count). The van der Waals surface area contributed by atoms with E-state index in [4.69, 9.17) is 4.74 Å². The molecule has 0 fully saturated rings. The number of sulfonamides is 1. The van der Waals surface area contributed by atoms with Crippen molar-refractivity contribution in [1.29, 1.82) is 0 Å². The van der Waals surface area contributed by atoms with E-state index in [2.05, 4.69) is 9.71 Å². The molecule has 0 radical (unpaired) electrons. The number of ether oxygens (including phenoxy) is 1. The minimum absolute atomic E-state index is 0.0986. The van der Waals surface area contributed by atoms with Crippen LogP contribution in [0.15, 0.2) is 58.8 Å². The maximum Gasteiger partial charge on any atom is 0.267 e. The summed E-state index contributed by atoms with van der Waals surface area (Å²) in [5.41, 5.74) is 2.50. The summed E-state index contributed by atoms with van der Waals surface area (Å²) in [6.07, 6.45) is 0. The Balaban J connectivity index is 1.91. The molecule has 1 aromatic heterocycles. The van der Waals surface area contributed by atoms with Gasteiger partial charge in [0.15, 0.2) is 5.13 Å². The van der Waals surface area contributed by atoms with Gasteiger partial charge in [0.1, 0.15) is 10.6 Å². The van der Waals surface area contributed by atoms with Gasteiger partial charge in [0.25, 0.3) is 10.0 Å². The lowest BCUT2D eigenvalue weighted by molar-refractivity contribution is 0.402. The van der Waals surface area contributed by atoms with E-state index in [1.54, 1.807) is 18.2 Å². The van der Waals surface area contributed by atoms with Crippen LogP contribution >= 0.6 is 11.3 Å². The first-order chi connectivity index (χ1) is 11.5. The second kappa shape index (κ2) is 6.62. The molecular weight excluding hydrogens is 344 g/mol. The molecule has 7 heteroatoms. The lowest BCUT2D eigenvalue weighted by Gasteiger charge is -2.10. The number of aryl methyl sites for hydroxylation is 1. The van der Waals surface area contributed by atoms with Crippen molar-refractivity contribution >= 4 is 26.5 Å². The van der Waals surface area contributed by atoms with E-state index in [1.807, 2.05) is 42.6 Å². The van der Waals surface area contributed by atoms with Crippen LogP contribution in [-0.4, -0.2) is 20.5 Å². The highest BCUT2D eigenvalue weighted by Crippen LogP contribution is 2.29. The van der Waals surface area contributed by atoms with E-state index in [1.165, 1.54) is 18.4 Å². The van der Waals surface area contributed by atoms with Gasteiger partial charge in [0.2, 0.25) is 0 Å². The van der Waals surface area contributed by atoms with Gasteiger partial charge in [-0.2, -0.15) is 0 Å². The highest BCUT2D eigenvalue weighted by Gasteiger charge is 2.21. The lowest BCUT2D eigenvalue weighted by atomic mass is 10.2. The van der Waals surface area contributed by atoms with E-state index >= 15 is 0 Å². The third kappa shape index (κ3) is 3.42. The van der Waals surface area contributed by atoms with Gasteiger partial charge in [-0.25, -0.2) is 13.4 Å². The summed E-state index contributed by atoms with van der Waals surface area (Å²) in [6, 6.07) is 14.6. The molecule has 0 aliphatic rings. The van der Waals surface area contributed by atoms with Crippen LogP contribution in [0.3, 0.4) is 0 Å². The Kier molecular flexibility index (Phi) is 4.55. The van der Waals surface area contributed by atoms with Crippen molar-refractivity contribution in [2.45, 2.75) is 11.8 Å². The minimum atomic E-state index is -3.77. The predicted molar refractivity (Wildman–Crippen MR) is 96.1 cm³/mol. The standard InChI is InChI=1S/C17H16N2O3S2/c1-12-8-9-15(22-2)16(10-12)24(20,21)19-17-18-14(11-23-17)13-6-4-3-5-7-13/h3-11H,1-2H3,(H,18,19). The zero-order valence-electron chi connectivity index (χ0n) is 13.2. The van der Waals surface area contributed by atoms with E-state index in [0.717, 1.165) is 16.8 Å². The Morgan fingerprint density at radius 2 is 1.88 bits per heavy atom. The van der Waals surface area contributed by atoms with Crippen LogP contribution < -0.4 is 9.46 Å². The van der Waals surface area contributed by atoms with Crippen molar-refractivity contribution in [2.75, 3.05) is 11.8 Å². The molecular formula is C17H16N2O3S2. The Hall–Kier alpha value is -2.38. The van der Waals surface area contributed by atoms with E-state index in [9.17, 15) is 8.42 Å². The molecule has 0 spiro atoms. The van der Waals surface area contributed by atoms with Crippen molar-refractivity contribution in [1.82, 2.24) is 4.98 Å². The minimum Gasteiger partial charge on any atom is -0.495 e. The number of benzene rings is 2. The fourth-order valence-corrected chi connectivity index (χ4v) is 4.45. The molecule has 5 nitrogen and oxygen atoms in total. The van der Waals surface area contributed by atoms with Gasteiger partial charge in [-0.15, -0.1) is 11.3 Å². The molecule has 0 aliphatic carbocycles. The number of hydrogen-bond donors (Lipinski definition) is 1. The summed E-state index contributed by atoms with van der Waals surface area (Å²) in [6.45, 7) is 1.83. The number of thiazole rings is 1. The van der Waals surface area contributed by atoms with Crippen molar-refractivity contribution in [3.8, 4) is 17.0 Å². The Morgan fingerprint density at radius 3 is 2.58 bits per heavy atom. The summed E-state index contributed by atoms with van der Waals surface area (Å²) >= 11 is 1.24.